The highest BCUT2D eigenvalue weighted by atomic mass is 32.2. The summed E-state index contributed by atoms with van der Waals surface area (Å²) in [4.78, 5) is 73.1. The Hall–Kier alpha value is -8.82. The van der Waals surface area contributed by atoms with Crippen LogP contribution in [0.4, 0.5) is 40.7 Å². The van der Waals surface area contributed by atoms with Crippen LogP contribution in [0.15, 0.2) is 51.4 Å². The van der Waals surface area contributed by atoms with Crippen LogP contribution < -0.4 is 44.9 Å². The molecule has 0 fully saturated rings. The first-order chi connectivity index (χ1) is 47.0. The van der Waals surface area contributed by atoms with Crippen molar-refractivity contribution in [2.75, 3.05) is 59.8 Å². The number of rotatable bonds is 5. The standard InChI is InChI=1S/C14H13N3S.C10H13N3S.2C9H11N3OS.C9H11N3S2.C9H11N3S.C8H9N3S/c1-8-9(2)18-14-11(8)12(15)16-13(17-14)10-6-4-3-5-7-10;1-4-7-12-9(11)8-5(2)6(3)14-10(8)13-7;1-4-5(2)13-8-6(4)7(10)11-9(12-8)14-3;2*1-4-5(2)14-8-6(4)7(10)11-9(12-8)13-3;1-4-5(2)13-9-7(4)8(10)11-6(3)12-9;1-4-5(2)12-8-6(4)7(9)10-3-11-8/h3-7H,1-2H3,(H2,15,16,17);4H2,1-3H3,(H2,11,12,13);3*1-3H3,(H2,10,11,12);1-3H3,(H2,10,11,12);3H,1-2H3,(H2,9,10,11). The average Bonchev–Trinajstić information content (AvgIpc) is 1.71. The highest BCUT2D eigenvalue weighted by Gasteiger charge is 2.19. The quantitative estimate of drug-likeness (QED) is 0.0621. The molecule has 0 saturated heterocycles. The molecule has 31 heteroatoms. The molecule has 516 valence electrons. The molecule has 0 unspecified atom stereocenters. The summed E-state index contributed by atoms with van der Waals surface area (Å²) < 4.78 is 10.4. The van der Waals surface area contributed by atoms with E-state index in [4.69, 9.17) is 49.3 Å². The van der Waals surface area contributed by atoms with Crippen molar-refractivity contribution in [2.45, 2.75) is 128 Å². The van der Waals surface area contributed by atoms with Gasteiger partial charge in [0.1, 0.15) is 93.4 Å². The minimum Gasteiger partial charge on any atom is -0.467 e. The zero-order chi connectivity index (χ0) is 72.2. The van der Waals surface area contributed by atoms with Crippen LogP contribution in [0.5, 0.6) is 6.01 Å². The molecule has 15 rings (SSSR count). The molecule has 99 heavy (non-hydrogen) atoms. The van der Waals surface area contributed by atoms with Gasteiger partial charge in [0.25, 0.3) is 0 Å². The predicted molar refractivity (Wildman–Crippen MR) is 423 cm³/mol. The number of thioether (sulfide) groups is 2. The van der Waals surface area contributed by atoms with Gasteiger partial charge in [-0.15, -0.1) is 68.0 Å². The molecule has 23 nitrogen and oxygen atoms in total. The maximum atomic E-state index is 6.06. The maximum Gasteiger partial charge on any atom is 0.319 e. The normalized spacial score (nSPS) is 11.0. The van der Waals surface area contributed by atoms with E-state index in [9.17, 15) is 0 Å². The molecule has 0 aliphatic carbocycles. The molecule has 14 heterocycles. The smallest absolute Gasteiger partial charge is 0.319 e. The fraction of sp³-hybridized carbons (Fsp3) is 0.294. The summed E-state index contributed by atoms with van der Waals surface area (Å²) in [6.45, 7) is 32.5. The summed E-state index contributed by atoms with van der Waals surface area (Å²) in [5.74, 6) is 7.08. The lowest BCUT2D eigenvalue weighted by Gasteiger charge is -2.03. The highest BCUT2D eigenvalue weighted by molar-refractivity contribution is 7.98. The molecule has 0 atom stereocenters. The number of nitrogen functional groups attached to an aromatic ring is 7. The van der Waals surface area contributed by atoms with Crippen molar-refractivity contribution in [3.05, 3.63) is 122 Å². The second kappa shape index (κ2) is 31.6. The van der Waals surface area contributed by atoms with Crippen LogP contribution in [0, 0.1) is 104 Å². The number of furan rings is 1. The third-order valence-corrected chi connectivity index (χ3v) is 24.0. The SMILES string of the molecule is CCc1nc(N)c2c(C)c(C)sc2n1.COc1nc(N)c2c(C)c(C)sc2n1.CSc1nc(N)c2c(C)c(C)oc2n1.CSc1nc(N)c2c(C)c(C)sc2n1.Cc1nc(N)c2c(C)c(C)sc2n1.Cc1sc2nc(-c3ccccc3)nc(N)c2c1C.Cc1sc2ncnc(N)c2c1C. The fourth-order valence-corrected chi connectivity index (χ4v) is 17.2. The van der Waals surface area contributed by atoms with Crippen molar-refractivity contribution in [3.8, 4) is 17.4 Å². The summed E-state index contributed by atoms with van der Waals surface area (Å²) in [5.41, 5.74) is 50.8. The maximum absolute atomic E-state index is 6.06. The molecule has 0 spiro atoms. The number of fused-ring (bicyclic) bond motifs is 7. The van der Waals surface area contributed by atoms with Gasteiger partial charge in [0.2, 0.25) is 5.71 Å². The molecule has 14 aromatic heterocycles. The Morgan fingerprint density at radius 2 is 0.778 bits per heavy atom. The van der Waals surface area contributed by atoms with Crippen LogP contribution in [0.1, 0.15) is 92.5 Å². The van der Waals surface area contributed by atoms with Crippen LogP contribution >= 0.6 is 91.5 Å². The molecule has 0 amide bonds. The second-order valence-corrected chi connectivity index (χ2v) is 31.4. The molecular formula is C68H79N21O2S8. The van der Waals surface area contributed by atoms with Gasteiger partial charge < -0.3 is 49.3 Å². The number of nitrogens with two attached hydrogens (primary N) is 7. The van der Waals surface area contributed by atoms with E-state index < -0.39 is 0 Å². The Kier molecular flexibility index (Phi) is 23.7. The van der Waals surface area contributed by atoms with Gasteiger partial charge in [-0.3, -0.25) is 0 Å². The first kappa shape index (κ1) is 74.4. The molecule has 14 N–H and O–H groups in total. The van der Waals surface area contributed by atoms with E-state index in [1.165, 1.54) is 94.0 Å². The number of thiophene rings is 6. The van der Waals surface area contributed by atoms with E-state index in [1.54, 1.807) is 68.0 Å². The van der Waals surface area contributed by atoms with Crippen LogP contribution in [0.25, 0.3) is 83.8 Å². The van der Waals surface area contributed by atoms with E-state index in [0.717, 1.165) is 112 Å². The Balaban J connectivity index is 0.000000135. The number of hydrogen-bond donors (Lipinski definition) is 7. The van der Waals surface area contributed by atoms with Crippen molar-refractivity contribution in [1.82, 2.24) is 69.8 Å². The zero-order valence-corrected chi connectivity index (χ0v) is 65.1. The Bertz CT molecular complexity index is 5090. The molecule has 0 saturated carbocycles. The average molecular weight is 1480 g/mol. The summed E-state index contributed by atoms with van der Waals surface area (Å²) in [7, 11) is 1.54. The van der Waals surface area contributed by atoms with Gasteiger partial charge in [-0.2, -0.15) is 15.0 Å². The molecule has 0 aliphatic rings. The van der Waals surface area contributed by atoms with E-state index in [1.807, 2.05) is 91.3 Å². The monoisotopic (exact) mass is 1480 g/mol. The van der Waals surface area contributed by atoms with Crippen LogP contribution in [0.2, 0.25) is 0 Å². The van der Waals surface area contributed by atoms with Crippen LogP contribution in [-0.2, 0) is 6.42 Å². The van der Waals surface area contributed by atoms with Gasteiger partial charge in [-0.05, 0) is 150 Å². The van der Waals surface area contributed by atoms with Crippen LogP contribution in [0.3, 0.4) is 0 Å². The number of anilines is 7. The largest absolute Gasteiger partial charge is 0.467 e. The Labute approximate surface area is 605 Å². The van der Waals surface area contributed by atoms with Gasteiger partial charge in [0.05, 0.1) is 44.8 Å². The third-order valence-electron chi connectivity index (χ3n) is 16.3. The number of methoxy groups -OCH3 is 1. The topological polar surface area (TPSA) is 385 Å². The third kappa shape index (κ3) is 16.1. The van der Waals surface area contributed by atoms with Gasteiger partial charge in [-0.25, -0.2) is 54.8 Å². The summed E-state index contributed by atoms with van der Waals surface area (Å²) >= 11 is 13.0. The number of aromatic nitrogens is 14. The molecule has 0 radical (unpaired) electrons. The van der Waals surface area contributed by atoms with E-state index in [0.29, 0.717) is 63.4 Å². The van der Waals surface area contributed by atoms with Crippen molar-refractivity contribution in [1.29, 1.82) is 0 Å². The predicted octanol–water partition coefficient (Wildman–Crippen LogP) is 16.8. The van der Waals surface area contributed by atoms with Crippen LogP contribution in [-0.4, -0.2) is 89.4 Å². The van der Waals surface area contributed by atoms with Gasteiger partial charge in [0, 0.05) is 46.8 Å². The van der Waals surface area contributed by atoms with E-state index in [2.05, 4.69) is 132 Å². The molecule has 0 bridgehead atoms. The molecular weight excluding hydrogens is 1400 g/mol. The first-order valence-electron chi connectivity index (χ1n) is 30.8. The number of hydrogen-bond acceptors (Lipinski definition) is 31. The molecule has 15 aromatic rings. The highest BCUT2D eigenvalue weighted by Crippen LogP contribution is 2.38. The zero-order valence-electron chi connectivity index (χ0n) is 58.6. The molecule has 1 aromatic carbocycles. The molecule has 0 aliphatic heterocycles. The van der Waals surface area contributed by atoms with Crippen molar-refractivity contribution >= 4 is 205 Å². The van der Waals surface area contributed by atoms with Crippen molar-refractivity contribution in [2.24, 2.45) is 0 Å². The summed E-state index contributed by atoms with van der Waals surface area (Å²) in [6.07, 6.45) is 6.19. The van der Waals surface area contributed by atoms with Gasteiger partial charge >= 0.3 is 6.01 Å². The van der Waals surface area contributed by atoms with E-state index in [-0.39, 0.29) is 0 Å². The van der Waals surface area contributed by atoms with Crippen molar-refractivity contribution in [3.63, 3.8) is 0 Å². The van der Waals surface area contributed by atoms with Gasteiger partial charge in [0.15, 0.2) is 16.1 Å². The lowest BCUT2D eigenvalue weighted by Crippen LogP contribution is -1.98. The lowest BCUT2D eigenvalue weighted by molar-refractivity contribution is 0.382. The summed E-state index contributed by atoms with van der Waals surface area (Å²) in [5, 5.41) is 8.26. The van der Waals surface area contributed by atoms with Gasteiger partial charge in [-0.1, -0.05) is 60.8 Å². The van der Waals surface area contributed by atoms with Crippen molar-refractivity contribution < 1.29 is 9.15 Å². The number of benzene rings is 1. The summed E-state index contributed by atoms with van der Waals surface area (Å²) in [6, 6.07) is 10.2. The minimum atomic E-state index is 0.330. The second-order valence-electron chi connectivity index (χ2n) is 22.6. The lowest BCUT2D eigenvalue weighted by atomic mass is 10.2. The number of aryl methyl sites for hydroxylation is 16. The van der Waals surface area contributed by atoms with E-state index >= 15 is 0 Å². The number of nitrogens with zero attached hydrogens (tertiary/aromatic N) is 14. The Morgan fingerprint density at radius 3 is 1.25 bits per heavy atom. The fourth-order valence-electron chi connectivity index (χ4n) is 10.1. The Morgan fingerprint density at radius 1 is 0.384 bits per heavy atom. The minimum absolute atomic E-state index is 0.330. The first-order valence-corrected chi connectivity index (χ1v) is 38.1. The number of ether oxygens (including phenoxy) is 1.